The Labute approximate surface area is 216 Å². The zero-order valence-corrected chi connectivity index (χ0v) is 21.2. The number of aromatic hydroxyl groups is 1. The van der Waals surface area contributed by atoms with Gasteiger partial charge in [-0.05, 0) is 61.6 Å². The first-order valence-corrected chi connectivity index (χ1v) is 13.1. The molecular formula is C28H33N5O4. The van der Waals surface area contributed by atoms with E-state index in [0.29, 0.717) is 30.1 Å². The molecule has 0 radical (unpaired) electrons. The first kappa shape index (κ1) is 23.9. The molecule has 9 nitrogen and oxygen atoms in total. The Morgan fingerprint density at radius 2 is 1.76 bits per heavy atom. The van der Waals surface area contributed by atoms with Crippen LogP contribution in [0.5, 0.6) is 5.75 Å². The van der Waals surface area contributed by atoms with Crippen molar-refractivity contribution in [2.45, 2.75) is 32.4 Å². The fraction of sp³-hybridized carbons (Fsp3) is 0.464. The third-order valence-corrected chi connectivity index (χ3v) is 8.07. The summed E-state index contributed by atoms with van der Waals surface area (Å²) in [7, 11) is 2.07. The highest BCUT2D eigenvalue weighted by Crippen LogP contribution is 2.32. The van der Waals surface area contributed by atoms with Crippen molar-refractivity contribution in [1.29, 1.82) is 0 Å². The molecule has 0 saturated carbocycles. The summed E-state index contributed by atoms with van der Waals surface area (Å²) in [6, 6.07) is 9.09. The van der Waals surface area contributed by atoms with Crippen LogP contribution in [-0.4, -0.2) is 88.3 Å². The second-order valence-corrected chi connectivity index (χ2v) is 10.6. The molecule has 9 heteroatoms. The van der Waals surface area contributed by atoms with E-state index in [-0.39, 0.29) is 23.1 Å². The highest BCUT2D eigenvalue weighted by atomic mass is 16.5. The Balaban J connectivity index is 1.19. The number of amides is 2. The van der Waals surface area contributed by atoms with Crippen LogP contribution >= 0.6 is 0 Å². The minimum Gasteiger partial charge on any atom is -0.507 e. The third-order valence-electron chi connectivity index (χ3n) is 8.07. The highest BCUT2D eigenvalue weighted by Gasteiger charge is 2.29. The first-order chi connectivity index (χ1) is 18.0. The smallest absolute Gasteiger partial charge is 0.258 e. The topological polar surface area (TPSA) is 102 Å². The standard InChI is InChI=1S/C28H33N5O4/c1-31-6-8-32(9-7-31)27(35)19-2-3-20-16-33(17-21(20)13-19)28(36)23-14-22-24(12-18-4-10-37-11-5-18)29-30-25(22)15-26(23)34/h2-3,13-15,18,34H,4-12,16-17H2,1H3,(H,29,30). The lowest BCUT2D eigenvalue weighted by molar-refractivity contribution is 0.0661. The van der Waals surface area contributed by atoms with Crippen molar-refractivity contribution >= 4 is 22.7 Å². The van der Waals surface area contributed by atoms with E-state index in [1.165, 1.54) is 0 Å². The number of phenols is 1. The molecule has 3 aliphatic heterocycles. The van der Waals surface area contributed by atoms with Crippen LogP contribution in [0.1, 0.15) is 50.4 Å². The number of nitrogens with one attached hydrogen (secondary N) is 1. The average Bonchev–Trinajstić information content (AvgIpc) is 3.52. The van der Waals surface area contributed by atoms with Gasteiger partial charge in [-0.15, -0.1) is 0 Å². The normalized spacial score (nSPS) is 18.9. The number of aromatic nitrogens is 2. The molecule has 2 fully saturated rings. The van der Waals surface area contributed by atoms with Gasteiger partial charge in [-0.25, -0.2) is 0 Å². The van der Waals surface area contributed by atoms with Crippen molar-refractivity contribution in [3.05, 3.63) is 58.3 Å². The van der Waals surface area contributed by atoms with E-state index in [0.717, 1.165) is 80.9 Å². The van der Waals surface area contributed by atoms with E-state index in [4.69, 9.17) is 4.74 Å². The molecule has 37 heavy (non-hydrogen) atoms. The van der Waals surface area contributed by atoms with E-state index in [9.17, 15) is 14.7 Å². The number of rotatable bonds is 4. The number of likely N-dealkylation sites (N-methyl/N-ethyl adjacent to an activating group) is 1. The molecular weight excluding hydrogens is 470 g/mol. The molecule has 2 N–H and O–H groups in total. The molecule has 194 valence electrons. The molecule has 0 atom stereocenters. The van der Waals surface area contributed by atoms with Crippen LogP contribution in [0.4, 0.5) is 0 Å². The summed E-state index contributed by atoms with van der Waals surface area (Å²) in [4.78, 5) is 32.4. The molecule has 4 heterocycles. The van der Waals surface area contributed by atoms with E-state index in [1.54, 1.807) is 17.0 Å². The van der Waals surface area contributed by atoms with Gasteiger partial charge in [0.05, 0.1) is 11.1 Å². The molecule has 2 saturated heterocycles. The number of H-pyrrole nitrogens is 1. The second kappa shape index (κ2) is 9.79. The number of fused-ring (bicyclic) bond motifs is 2. The van der Waals surface area contributed by atoms with Crippen LogP contribution in [0.3, 0.4) is 0 Å². The molecule has 2 aromatic carbocycles. The Kier molecular flexibility index (Phi) is 6.34. The van der Waals surface area contributed by atoms with Gasteiger partial charge < -0.3 is 24.5 Å². The van der Waals surface area contributed by atoms with Gasteiger partial charge in [0.1, 0.15) is 5.75 Å². The summed E-state index contributed by atoms with van der Waals surface area (Å²) in [6.45, 7) is 5.62. The minimum absolute atomic E-state index is 0.0424. The van der Waals surface area contributed by atoms with E-state index >= 15 is 0 Å². The largest absolute Gasteiger partial charge is 0.507 e. The number of ether oxygens (including phenoxy) is 1. The van der Waals surface area contributed by atoms with Crippen molar-refractivity contribution in [3.63, 3.8) is 0 Å². The van der Waals surface area contributed by atoms with Crippen molar-refractivity contribution in [3.8, 4) is 5.75 Å². The average molecular weight is 504 g/mol. The summed E-state index contributed by atoms with van der Waals surface area (Å²) >= 11 is 0. The first-order valence-electron chi connectivity index (χ1n) is 13.1. The van der Waals surface area contributed by atoms with E-state index < -0.39 is 0 Å². The maximum absolute atomic E-state index is 13.5. The summed E-state index contributed by atoms with van der Waals surface area (Å²) in [5, 5.41) is 19.1. The monoisotopic (exact) mass is 503 g/mol. The van der Waals surface area contributed by atoms with E-state index in [1.807, 2.05) is 23.1 Å². The van der Waals surface area contributed by atoms with Crippen LogP contribution in [0.25, 0.3) is 10.9 Å². The summed E-state index contributed by atoms with van der Waals surface area (Å²) in [6.07, 6.45) is 2.86. The van der Waals surface area contributed by atoms with Gasteiger partial charge in [0, 0.05) is 75.2 Å². The maximum atomic E-state index is 13.5. The zero-order chi connectivity index (χ0) is 25.5. The third kappa shape index (κ3) is 4.69. The summed E-state index contributed by atoms with van der Waals surface area (Å²) in [5.41, 5.74) is 4.62. The molecule has 0 unspecified atom stereocenters. The Morgan fingerprint density at radius 3 is 2.54 bits per heavy atom. The van der Waals surface area contributed by atoms with Gasteiger partial charge in [-0.3, -0.25) is 14.7 Å². The Bertz CT molecular complexity index is 1340. The molecule has 3 aromatic rings. The Hall–Kier alpha value is -3.43. The number of phenolic OH excluding ortho intramolecular Hbond substituents is 1. The number of hydrogen-bond acceptors (Lipinski definition) is 6. The van der Waals surface area contributed by atoms with Crippen molar-refractivity contribution in [2.75, 3.05) is 46.4 Å². The molecule has 2 amide bonds. The van der Waals surface area contributed by atoms with Crippen molar-refractivity contribution in [1.82, 2.24) is 24.9 Å². The van der Waals surface area contributed by atoms with Crippen LogP contribution in [-0.2, 0) is 24.2 Å². The predicted octanol–water partition coefficient (Wildman–Crippen LogP) is 2.78. The molecule has 0 bridgehead atoms. The molecule has 0 spiro atoms. The molecule has 1 aromatic heterocycles. The number of piperazine rings is 1. The van der Waals surface area contributed by atoms with E-state index in [2.05, 4.69) is 22.1 Å². The minimum atomic E-state index is -0.222. The van der Waals surface area contributed by atoms with Gasteiger partial charge in [-0.1, -0.05) is 6.07 Å². The fourth-order valence-corrected chi connectivity index (χ4v) is 5.70. The quantitative estimate of drug-likeness (QED) is 0.568. The molecule has 3 aliphatic rings. The number of nitrogens with zero attached hydrogens (tertiary/aromatic N) is 4. The summed E-state index contributed by atoms with van der Waals surface area (Å²) in [5.74, 6) is 0.270. The van der Waals surface area contributed by atoms with Crippen molar-refractivity contribution in [2.24, 2.45) is 5.92 Å². The number of carbonyl (C=O) groups is 2. The molecule has 0 aliphatic carbocycles. The van der Waals surface area contributed by atoms with Gasteiger partial charge in [0.15, 0.2) is 0 Å². The van der Waals surface area contributed by atoms with Gasteiger partial charge >= 0.3 is 0 Å². The van der Waals surface area contributed by atoms with Gasteiger partial charge in [-0.2, -0.15) is 5.10 Å². The fourth-order valence-electron chi connectivity index (χ4n) is 5.70. The van der Waals surface area contributed by atoms with Crippen LogP contribution < -0.4 is 0 Å². The van der Waals surface area contributed by atoms with Crippen LogP contribution in [0.15, 0.2) is 30.3 Å². The number of aromatic amines is 1. The number of carbonyl (C=O) groups excluding carboxylic acids is 2. The lowest BCUT2D eigenvalue weighted by Crippen LogP contribution is -2.47. The number of hydrogen-bond donors (Lipinski definition) is 2. The zero-order valence-electron chi connectivity index (χ0n) is 21.2. The number of benzene rings is 2. The lowest BCUT2D eigenvalue weighted by atomic mass is 9.93. The van der Waals surface area contributed by atoms with Gasteiger partial charge in [0.2, 0.25) is 0 Å². The maximum Gasteiger partial charge on any atom is 0.258 e. The van der Waals surface area contributed by atoms with Crippen molar-refractivity contribution < 1.29 is 19.4 Å². The van der Waals surface area contributed by atoms with Gasteiger partial charge in [0.25, 0.3) is 11.8 Å². The highest BCUT2D eigenvalue weighted by molar-refractivity contribution is 6.01. The van der Waals surface area contributed by atoms with Crippen LogP contribution in [0, 0.1) is 5.92 Å². The Morgan fingerprint density at radius 1 is 1.00 bits per heavy atom. The summed E-state index contributed by atoms with van der Waals surface area (Å²) < 4.78 is 5.48. The molecule has 6 rings (SSSR count). The lowest BCUT2D eigenvalue weighted by Gasteiger charge is -2.32. The SMILES string of the molecule is CN1CCN(C(=O)c2ccc3c(c2)CN(C(=O)c2cc4c(CC5CCOCC5)[nH]nc4cc2O)C3)CC1. The van der Waals surface area contributed by atoms with Crippen LogP contribution in [0.2, 0.25) is 0 Å². The second-order valence-electron chi connectivity index (χ2n) is 10.6. The predicted molar refractivity (Wildman–Crippen MR) is 138 cm³/mol.